The number of carbonyl (C=O) groups excluding carboxylic acids is 1. The van der Waals surface area contributed by atoms with Crippen LogP contribution in [0.25, 0.3) is 6.08 Å². The molecule has 1 aromatic heterocycles. The Kier molecular flexibility index (Phi) is 5.39. The van der Waals surface area contributed by atoms with Crippen molar-refractivity contribution in [2.45, 2.75) is 25.3 Å². The molecule has 1 aromatic carbocycles. The predicted octanol–water partition coefficient (Wildman–Crippen LogP) is 3.09. The fraction of sp³-hybridized carbons (Fsp3) is 0.300. The van der Waals surface area contributed by atoms with Gasteiger partial charge in [0.1, 0.15) is 0 Å². The second kappa shape index (κ2) is 7.88. The fourth-order valence-electron chi connectivity index (χ4n) is 3.12. The molecular weight excluding hydrogens is 300 g/mol. The van der Waals surface area contributed by atoms with Gasteiger partial charge in [-0.3, -0.25) is 4.98 Å². The standard InChI is InChI=1S/C20H22N2O2/c1-24-20(23)9-5-15-4-7-18-17(13-15)6-8-19(18)22-12-10-16-3-2-11-21-14-16/h2-5,7,9,11,13-14,19,22H,6,8,10,12H2,1H3/b9-5+. The Labute approximate surface area is 142 Å². The van der Waals surface area contributed by atoms with E-state index >= 15 is 0 Å². The van der Waals surface area contributed by atoms with E-state index in [0.29, 0.717) is 6.04 Å². The molecule has 24 heavy (non-hydrogen) atoms. The molecule has 0 spiro atoms. The highest BCUT2D eigenvalue weighted by atomic mass is 16.5. The van der Waals surface area contributed by atoms with Crippen LogP contribution in [-0.2, 0) is 22.4 Å². The first-order chi connectivity index (χ1) is 11.8. The topological polar surface area (TPSA) is 51.2 Å². The summed E-state index contributed by atoms with van der Waals surface area (Å²) in [6.07, 6.45) is 10.2. The van der Waals surface area contributed by atoms with Crippen molar-refractivity contribution >= 4 is 12.0 Å². The smallest absolute Gasteiger partial charge is 0.330 e. The molecule has 0 amide bonds. The van der Waals surface area contributed by atoms with Gasteiger partial charge in [-0.25, -0.2) is 4.79 Å². The molecule has 1 aliphatic rings. The normalized spacial score (nSPS) is 16.3. The molecule has 2 aromatic rings. The highest BCUT2D eigenvalue weighted by molar-refractivity contribution is 5.86. The number of aromatic nitrogens is 1. The van der Waals surface area contributed by atoms with Crippen molar-refractivity contribution in [1.29, 1.82) is 0 Å². The van der Waals surface area contributed by atoms with Crippen molar-refractivity contribution in [3.63, 3.8) is 0 Å². The summed E-state index contributed by atoms with van der Waals surface area (Å²) in [5.74, 6) is -0.328. The Bertz CT molecular complexity index is 726. The number of nitrogens with zero attached hydrogens (tertiary/aromatic N) is 1. The summed E-state index contributed by atoms with van der Waals surface area (Å²) in [5.41, 5.74) is 5.03. The van der Waals surface area contributed by atoms with Gasteiger partial charge in [-0.15, -0.1) is 0 Å². The van der Waals surface area contributed by atoms with Gasteiger partial charge in [-0.05, 0) is 60.2 Å². The number of hydrogen-bond acceptors (Lipinski definition) is 4. The lowest BCUT2D eigenvalue weighted by atomic mass is 10.0. The summed E-state index contributed by atoms with van der Waals surface area (Å²) in [6, 6.07) is 10.9. The number of methoxy groups -OCH3 is 1. The van der Waals surface area contributed by atoms with Crippen LogP contribution >= 0.6 is 0 Å². The first-order valence-electron chi connectivity index (χ1n) is 8.27. The van der Waals surface area contributed by atoms with Gasteiger partial charge < -0.3 is 10.1 Å². The van der Waals surface area contributed by atoms with Gasteiger partial charge in [0.05, 0.1) is 7.11 Å². The summed E-state index contributed by atoms with van der Waals surface area (Å²) in [5, 5.41) is 3.65. The van der Waals surface area contributed by atoms with E-state index in [2.05, 4.69) is 39.3 Å². The lowest BCUT2D eigenvalue weighted by Gasteiger charge is -2.14. The average molecular weight is 322 g/mol. The van der Waals surface area contributed by atoms with E-state index in [1.165, 1.54) is 29.9 Å². The van der Waals surface area contributed by atoms with Crippen LogP contribution in [0, 0.1) is 0 Å². The van der Waals surface area contributed by atoms with Crippen molar-refractivity contribution in [2.24, 2.45) is 0 Å². The first kappa shape index (κ1) is 16.4. The van der Waals surface area contributed by atoms with Crippen molar-refractivity contribution < 1.29 is 9.53 Å². The molecule has 1 aliphatic carbocycles. The number of benzene rings is 1. The van der Waals surface area contributed by atoms with Gasteiger partial charge in [0, 0.05) is 24.5 Å². The Morgan fingerprint density at radius 3 is 3.12 bits per heavy atom. The molecule has 4 heteroatoms. The van der Waals surface area contributed by atoms with Gasteiger partial charge in [0.25, 0.3) is 0 Å². The maximum absolute atomic E-state index is 11.2. The molecule has 0 bridgehead atoms. The number of aryl methyl sites for hydroxylation is 1. The summed E-state index contributed by atoms with van der Waals surface area (Å²) in [7, 11) is 1.39. The molecule has 0 radical (unpaired) electrons. The zero-order valence-electron chi connectivity index (χ0n) is 13.9. The molecule has 1 unspecified atom stereocenters. The highest BCUT2D eigenvalue weighted by Crippen LogP contribution is 2.32. The van der Waals surface area contributed by atoms with E-state index in [1.54, 1.807) is 12.3 Å². The number of esters is 1. The van der Waals surface area contributed by atoms with E-state index in [9.17, 15) is 4.79 Å². The third-order valence-electron chi connectivity index (χ3n) is 4.39. The molecule has 0 aliphatic heterocycles. The van der Waals surface area contributed by atoms with Crippen LogP contribution in [0.2, 0.25) is 0 Å². The lowest BCUT2D eigenvalue weighted by Crippen LogP contribution is -2.21. The molecule has 4 nitrogen and oxygen atoms in total. The van der Waals surface area contributed by atoms with Gasteiger partial charge >= 0.3 is 5.97 Å². The van der Waals surface area contributed by atoms with Gasteiger partial charge in [-0.1, -0.05) is 24.3 Å². The van der Waals surface area contributed by atoms with Crippen molar-refractivity contribution in [3.8, 4) is 0 Å². The van der Waals surface area contributed by atoms with Crippen molar-refractivity contribution in [3.05, 3.63) is 71.1 Å². The SMILES string of the molecule is COC(=O)/C=C/c1ccc2c(c1)CCC2NCCc1cccnc1. The molecule has 3 rings (SSSR count). The predicted molar refractivity (Wildman–Crippen MR) is 94.5 cm³/mol. The second-order valence-corrected chi connectivity index (χ2v) is 5.97. The monoisotopic (exact) mass is 322 g/mol. The molecule has 1 N–H and O–H groups in total. The summed E-state index contributed by atoms with van der Waals surface area (Å²) in [6.45, 7) is 0.944. The molecule has 0 saturated heterocycles. The zero-order valence-corrected chi connectivity index (χ0v) is 13.9. The van der Waals surface area contributed by atoms with Crippen LogP contribution in [-0.4, -0.2) is 24.6 Å². The van der Waals surface area contributed by atoms with Crippen molar-refractivity contribution in [2.75, 3.05) is 13.7 Å². The molecule has 124 valence electrons. The number of ether oxygens (including phenoxy) is 1. The van der Waals surface area contributed by atoms with E-state index in [0.717, 1.165) is 31.4 Å². The number of pyridine rings is 1. The number of nitrogens with one attached hydrogen (secondary N) is 1. The van der Waals surface area contributed by atoms with Gasteiger partial charge in [-0.2, -0.15) is 0 Å². The molecule has 1 heterocycles. The van der Waals surface area contributed by atoms with E-state index < -0.39 is 0 Å². The number of carbonyl (C=O) groups is 1. The maximum Gasteiger partial charge on any atom is 0.330 e. The van der Waals surface area contributed by atoms with Crippen LogP contribution in [0.1, 0.15) is 34.7 Å². The van der Waals surface area contributed by atoms with Gasteiger partial charge in [0.15, 0.2) is 0 Å². The van der Waals surface area contributed by atoms with Gasteiger partial charge in [0.2, 0.25) is 0 Å². The molecule has 0 fully saturated rings. The largest absolute Gasteiger partial charge is 0.466 e. The molecular formula is C20H22N2O2. The first-order valence-corrected chi connectivity index (χ1v) is 8.27. The number of fused-ring (bicyclic) bond motifs is 1. The minimum Gasteiger partial charge on any atom is -0.466 e. The van der Waals surface area contributed by atoms with Crippen LogP contribution in [0.15, 0.2) is 48.8 Å². The minimum absolute atomic E-state index is 0.328. The molecule has 0 saturated carbocycles. The van der Waals surface area contributed by atoms with E-state index in [-0.39, 0.29) is 5.97 Å². The van der Waals surface area contributed by atoms with E-state index in [1.807, 2.05) is 12.3 Å². The Morgan fingerprint density at radius 2 is 2.33 bits per heavy atom. The second-order valence-electron chi connectivity index (χ2n) is 5.97. The van der Waals surface area contributed by atoms with Crippen LogP contribution in [0.4, 0.5) is 0 Å². The minimum atomic E-state index is -0.328. The fourth-order valence-corrected chi connectivity index (χ4v) is 3.12. The third-order valence-corrected chi connectivity index (χ3v) is 4.39. The van der Waals surface area contributed by atoms with Crippen LogP contribution in [0.3, 0.4) is 0 Å². The maximum atomic E-state index is 11.2. The lowest BCUT2D eigenvalue weighted by molar-refractivity contribution is -0.134. The summed E-state index contributed by atoms with van der Waals surface area (Å²) >= 11 is 0. The third kappa shape index (κ3) is 4.09. The summed E-state index contributed by atoms with van der Waals surface area (Å²) < 4.78 is 4.62. The van der Waals surface area contributed by atoms with E-state index in [4.69, 9.17) is 0 Å². The number of rotatable bonds is 6. The number of hydrogen-bond donors (Lipinski definition) is 1. The van der Waals surface area contributed by atoms with Crippen LogP contribution < -0.4 is 5.32 Å². The Hall–Kier alpha value is -2.46. The molecule has 1 atom stereocenters. The Morgan fingerprint density at radius 1 is 1.42 bits per heavy atom. The zero-order chi connectivity index (χ0) is 16.8. The average Bonchev–Trinajstić information content (AvgIpc) is 3.03. The quantitative estimate of drug-likeness (QED) is 0.656. The highest BCUT2D eigenvalue weighted by Gasteiger charge is 2.21. The van der Waals surface area contributed by atoms with Crippen LogP contribution in [0.5, 0.6) is 0 Å². The van der Waals surface area contributed by atoms with Crippen molar-refractivity contribution in [1.82, 2.24) is 10.3 Å². The Balaban J connectivity index is 1.58. The summed E-state index contributed by atoms with van der Waals surface area (Å²) in [4.78, 5) is 15.3.